The van der Waals surface area contributed by atoms with Gasteiger partial charge in [0.15, 0.2) is 0 Å². The molecule has 0 bridgehead atoms. The minimum atomic E-state index is -0.239. The summed E-state index contributed by atoms with van der Waals surface area (Å²) in [4.78, 5) is 36.0. The Morgan fingerprint density at radius 1 is 0.800 bits per heavy atom. The normalized spacial score (nSPS) is 47.4. The third-order valence-corrected chi connectivity index (χ3v) is 9.82. The summed E-state index contributed by atoms with van der Waals surface area (Å²) in [6.45, 7) is 9.37. The van der Waals surface area contributed by atoms with E-state index < -0.39 is 0 Å². The van der Waals surface area contributed by atoms with Crippen LogP contribution in [0.5, 0.6) is 0 Å². The van der Waals surface area contributed by atoms with Gasteiger partial charge >= 0.3 is 11.9 Å². The summed E-state index contributed by atoms with van der Waals surface area (Å²) in [5.74, 6) is 1.92. The number of fused-ring (bicyclic) bond motifs is 5. The molecule has 4 saturated carbocycles. The second-order valence-corrected chi connectivity index (χ2v) is 11.1. The van der Waals surface area contributed by atoms with Crippen molar-refractivity contribution in [3.63, 3.8) is 0 Å². The van der Waals surface area contributed by atoms with E-state index in [1.54, 1.807) is 6.92 Å². The van der Waals surface area contributed by atoms with Crippen LogP contribution >= 0.6 is 0 Å². The molecule has 0 spiro atoms. The predicted molar refractivity (Wildman–Crippen MR) is 112 cm³/mol. The van der Waals surface area contributed by atoms with E-state index >= 15 is 0 Å². The van der Waals surface area contributed by atoms with Gasteiger partial charge in [0.2, 0.25) is 0 Å². The molecule has 4 aliphatic rings. The van der Waals surface area contributed by atoms with Gasteiger partial charge in [0.25, 0.3) is 0 Å². The summed E-state index contributed by atoms with van der Waals surface area (Å²) in [5.41, 5.74) is -0.0512. The van der Waals surface area contributed by atoms with Crippen molar-refractivity contribution in [3.05, 3.63) is 0 Å². The highest BCUT2D eigenvalue weighted by atomic mass is 16.5. The number of Topliss-reactive ketones (excluding diaryl/α,β-unsaturated/α-hetero) is 1. The monoisotopic (exact) mass is 418 g/mol. The van der Waals surface area contributed by atoms with Crippen molar-refractivity contribution in [2.45, 2.75) is 98.2 Å². The van der Waals surface area contributed by atoms with E-state index in [9.17, 15) is 14.4 Å². The van der Waals surface area contributed by atoms with Crippen molar-refractivity contribution < 1.29 is 23.9 Å². The van der Waals surface area contributed by atoms with Crippen LogP contribution in [-0.2, 0) is 23.9 Å². The lowest BCUT2D eigenvalue weighted by atomic mass is 9.44. The number of carbonyl (C=O) groups excluding carboxylic acids is 3. The Kier molecular flexibility index (Phi) is 5.55. The zero-order valence-corrected chi connectivity index (χ0v) is 19.2. The number of ketones is 1. The molecule has 30 heavy (non-hydrogen) atoms. The molecule has 0 heterocycles. The van der Waals surface area contributed by atoms with Crippen molar-refractivity contribution in [1.82, 2.24) is 0 Å². The summed E-state index contributed by atoms with van der Waals surface area (Å²) >= 11 is 0. The molecule has 0 aromatic rings. The highest BCUT2D eigenvalue weighted by Crippen LogP contribution is 2.68. The van der Waals surface area contributed by atoms with Crippen LogP contribution in [0.15, 0.2) is 0 Å². The molecule has 4 aliphatic carbocycles. The summed E-state index contributed by atoms with van der Waals surface area (Å²) in [6, 6.07) is 0. The lowest BCUT2D eigenvalue weighted by Gasteiger charge is -2.62. The van der Waals surface area contributed by atoms with Gasteiger partial charge in [-0.1, -0.05) is 13.8 Å². The second-order valence-electron chi connectivity index (χ2n) is 11.1. The Morgan fingerprint density at radius 2 is 1.50 bits per heavy atom. The average molecular weight is 419 g/mol. The summed E-state index contributed by atoms with van der Waals surface area (Å²) in [7, 11) is 0. The Hall–Kier alpha value is -1.39. The summed E-state index contributed by atoms with van der Waals surface area (Å²) < 4.78 is 11.6. The topological polar surface area (TPSA) is 69.7 Å². The minimum absolute atomic E-state index is 0.00182. The highest BCUT2D eigenvalue weighted by molar-refractivity contribution is 5.80. The van der Waals surface area contributed by atoms with Crippen LogP contribution in [0.3, 0.4) is 0 Å². The third-order valence-electron chi connectivity index (χ3n) is 9.82. The zero-order valence-electron chi connectivity index (χ0n) is 19.2. The maximum atomic E-state index is 12.5. The van der Waals surface area contributed by atoms with Crippen molar-refractivity contribution >= 4 is 17.7 Å². The molecule has 0 radical (unpaired) electrons. The Bertz CT molecular complexity index is 731. The lowest BCUT2D eigenvalue weighted by molar-refractivity contribution is -0.195. The van der Waals surface area contributed by atoms with Crippen LogP contribution in [0.25, 0.3) is 0 Å². The van der Waals surface area contributed by atoms with Crippen LogP contribution in [0.2, 0.25) is 0 Å². The molecule has 168 valence electrons. The smallest absolute Gasteiger partial charge is 0.302 e. The molecule has 5 nitrogen and oxygen atoms in total. The van der Waals surface area contributed by atoms with Gasteiger partial charge in [-0.25, -0.2) is 0 Å². The van der Waals surface area contributed by atoms with Crippen molar-refractivity contribution in [2.24, 2.45) is 40.4 Å². The Morgan fingerprint density at radius 3 is 2.13 bits per heavy atom. The second kappa shape index (κ2) is 7.63. The van der Waals surface area contributed by atoms with E-state index in [-0.39, 0.29) is 46.7 Å². The zero-order chi connectivity index (χ0) is 21.8. The molecular formula is C25H38O5. The molecule has 5 heteroatoms. The Labute approximate surface area is 180 Å². The SMILES string of the molecule is CC(=O)O[C@H]1CC[C@]2(C)[C@@H](CC[C@H]3[C@H]2C[C@@H](OC(C)=O)[C@]2(C)[C@@H]3CC[C@H]2C(C)=O)C1. The van der Waals surface area contributed by atoms with E-state index in [1.165, 1.54) is 26.7 Å². The molecule has 0 aromatic carbocycles. The van der Waals surface area contributed by atoms with E-state index in [0.29, 0.717) is 23.7 Å². The van der Waals surface area contributed by atoms with E-state index in [1.807, 2.05) is 0 Å². The number of ether oxygens (including phenoxy) is 2. The first-order valence-corrected chi connectivity index (χ1v) is 11.9. The highest BCUT2D eigenvalue weighted by Gasteiger charge is 2.65. The van der Waals surface area contributed by atoms with Gasteiger partial charge in [0.1, 0.15) is 18.0 Å². The molecule has 4 rings (SSSR count). The molecule has 0 saturated heterocycles. The molecule has 0 unspecified atom stereocenters. The minimum Gasteiger partial charge on any atom is -0.463 e. The van der Waals surface area contributed by atoms with Crippen LogP contribution < -0.4 is 0 Å². The standard InChI is InChI=1S/C25H38O5/c1-14(26)20-8-9-21-19-7-6-17-12-18(29-15(2)27)10-11-24(17,4)22(19)13-23(25(20,21)5)30-16(3)28/h17-23H,6-13H2,1-5H3/t17-,18-,19+,20-,21+,22+,23+,24+,25-/m0/s1. The summed E-state index contributed by atoms with van der Waals surface area (Å²) in [6.07, 6.45) is 8.00. The first-order chi connectivity index (χ1) is 14.1. The number of carbonyl (C=O) groups is 3. The molecule has 0 aliphatic heterocycles. The van der Waals surface area contributed by atoms with Gasteiger partial charge in [-0.3, -0.25) is 14.4 Å². The fourth-order valence-corrected chi connectivity index (χ4v) is 8.53. The number of hydrogen-bond acceptors (Lipinski definition) is 5. The molecule has 0 amide bonds. The quantitative estimate of drug-likeness (QED) is 0.621. The van der Waals surface area contributed by atoms with Crippen molar-refractivity contribution in [2.75, 3.05) is 0 Å². The maximum Gasteiger partial charge on any atom is 0.302 e. The fraction of sp³-hybridized carbons (Fsp3) is 0.880. The van der Waals surface area contributed by atoms with E-state index in [0.717, 1.165) is 38.5 Å². The number of rotatable bonds is 3. The summed E-state index contributed by atoms with van der Waals surface area (Å²) in [5, 5.41) is 0. The van der Waals surface area contributed by atoms with Gasteiger partial charge in [-0.15, -0.1) is 0 Å². The van der Waals surface area contributed by atoms with Crippen molar-refractivity contribution in [1.29, 1.82) is 0 Å². The molecule has 0 aromatic heterocycles. The van der Waals surface area contributed by atoms with Gasteiger partial charge < -0.3 is 9.47 Å². The first kappa shape index (κ1) is 21.8. The molecule has 9 atom stereocenters. The van der Waals surface area contributed by atoms with E-state index in [4.69, 9.17) is 9.47 Å². The van der Waals surface area contributed by atoms with Crippen LogP contribution in [-0.4, -0.2) is 29.9 Å². The first-order valence-electron chi connectivity index (χ1n) is 11.9. The fourth-order valence-electron chi connectivity index (χ4n) is 8.53. The molecular weight excluding hydrogens is 380 g/mol. The van der Waals surface area contributed by atoms with Crippen LogP contribution in [0.1, 0.15) is 86.0 Å². The Balaban J connectivity index is 1.64. The van der Waals surface area contributed by atoms with E-state index in [2.05, 4.69) is 13.8 Å². The molecule has 4 fully saturated rings. The predicted octanol–water partition coefficient (Wildman–Crippen LogP) is 4.71. The van der Waals surface area contributed by atoms with Crippen LogP contribution in [0.4, 0.5) is 0 Å². The average Bonchev–Trinajstić information content (AvgIpc) is 3.01. The van der Waals surface area contributed by atoms with Crippen molar-refractivity contribution in [3.8, 4) is 0 Å². The van der Waals surface area contributed by atoms with Gasteiger partial charge in [0, 0.05) is 25.2 Å². The van der Waals surface area contributed by atoms with Crippen LogP contribution in [0, 0.1) is 40.4 Å². The third kappa shape index (κ3) is 3.31. The molecule has 0 N–H and O–H groups in total. The number of hydrogen-bond donors (Lipinski definition) is 0. The van der Waals surface area contributed by atoms with Gasteiger partial charge in [-0.2, -0.15) is 0 Å². The lowest BCUT2D eigenvalue weighted by Crippen LogP contribution is -2.59. The van der Waals surface area contributed by atoms with Gasteiger partial charge in [0.05, 0.1) is 0 Å². The van der Waals surface area contributed by atoms with Gasteiger partial charge in [-0.05, 0) is 87.4 Å². The maximum absolute atomic E-state index is 12.5. The number of esters is 2. The largest absolute Gasteiger partial charge is 0.463 e.